The molecule has 1 N–H and O–H groups in total. The maximum absolute atomic E-state index is 12.9. The molecule has 0 saturated heterocycles. The maximum Gasteiger partial charge on any atom is 0.267 e. The topological polar surface area (TPSA) is 57.6 Å². The Bertz CT molecular complexity index is 667. The minimum Gasteiger partial charge on any atom is -0.396 e. The molecule has 1 aromatic rings. The Kier molecular flexibility index (Phi) is 6.63. The molecule has 2 rings (SSSR count). The molecule has 0 radical (unpaired) electrons. The Hall–Kier alpha value is -1.59. The van der Waals surface area contributed by atoms with Crippen molar-refractivity contribution in [3.05, 3.63) is 39.8 Å². The molecular weight excluding hydrogens is 322 g/mol. The predicted octanol–water partition coefficient (Wildman–Crippen LogP) is 3.30. The highest BCUT2D eigenvalue weighted by Gasteiger charge is 2.38. The number of aliphatic hydroxyl groups excluding tert-OH is 1. The van der Waals surface area contributed by atoms with Gasteiger partial charge in [-0.2, -0.15) is 0 Å². The molecule has 0 saturated carbocycles. The van der Waals surface area contributed by atoms with Crippen molar-refractivity contribution in [3.8, 4) is 0 Å². The third kappa shape index (κ3) is 3.90. The van der Waals surface area contributed by atoms with Crippen LogP contribution in [-0.4, -0.2) is 40.7 Å². The van der Waals surface area contributed by atoms with Gasteiger partial charge >= 0.3 is 0 Å². The summed E-state index contributed by atoms with van der Waals surface area (Å²) in [7, 11) is 0. The van der Waals surface area contributed by atoms with Crippen LogP contribution in [-0.2, 0) is 9.59 Å². The largest absolute Gasteiger partial charge is 0.396 e. The summed E-state index contributed by atoms with van der Waals surface area (Å²) in [6.07, 6.45) is 2.86. The van der Waals surface area contributed by atoms with Crippen LogP contribution in [0.4, 0.5) is 0 Å². The minimum absolute atomic E-state index is 0.0221. The van der Waals surface area contributed by atoms with E-state index in [1.165, 1.54) is 16.7 Å². The molecule has 0 fully saturated rings. The number of imide groups is 1. The van der Waals surface area contributed by atoms with Crippen molar-refractivity contribution in [1.29, 1.82) is 0 Å². The second kappa shape index (κ2) is 8.49. The lowest BCUT2D eigenvalue weighted by Crippen LogP contribution is -2.32. The summed E-state index contributed by atoms with van der Waals surface area (Å²) in [5.74, 6) is -0.0199. The monoisotopic (exact) mass is 347 g/mol. The lowest BCUT2D eigenvalue weighted by atomic mass is 10.0. The Morgan fingerprint density at radius 2 is 1.83 bits per heavy atom. The zero-order chi connectivity index (χ0) is 17.7. The first-order valence-electron chi connectivity index (χ1n) is 8.43. The number of hydrogen-bond donors (Lipinski definition) is 1. The fraction of sp³-hybridized carbons (Fsp3) is 0.474. The zero-order valence-corrected chi connectivity index (χ0v) is 15.4. The van der Waals surface area contributed by atoms with Crippen molar-refractivity contribution in [2.45, 2.75) is 40.0 Å². The number of nitrogens with zero attached hydrogens (tertiary/aromatic N) is 1. The van der Waals surface area contributed by atoms with Crippen LogP contribution in [0.3, 0.4) is 0 Å². The molecule has 4 nitrogen and oxygen atoms in total. The number of rotatable bonds is 8. The van der Waals surface area contributed by atoms with Crippen LogP contribution in [0.15, 0.2) is 23.1 Å². The number of amides is 2. The fourth-order valence-electron chi connectivity index (χ4n) is 2.71. The van der Waals surface area contributed by atoms with Crippen LogP contribution < -0.4 is 0 Å². The molecule has 130 valence electrons. The molecule has 1 aliphatic rings. The average molecular weight is 347 g/mol. The lowest BCUT2D eigenvalue weighted by molar-refractivity contribution is -0.136. The Morgan fingerprint density at radius 3 is 2.46 bits per heavy atom. The lowest BCUT2D eigenvalue weighted by Gasteiger charge is -2.14. The quantitative estimate of drug-likeness (QED) is 0.579. The van der Waals surface area contributed by atoms with Crippen molar-refractivity contribution >= 4 is 29.1 Å². The van der Waals surface area contributed by atoms with Gasteiger partial charge in [0.1, 0.15) is 0 Å². The SMILES string of the molecule is CCCCCN1C(=O)C(SCCO)=C(c2ccc(C)c(C)c2)C1=O. The number of benzene rings is 1. The standard InChI is InChI=1S/C19H25NO3S/c1-4-5-6-9-20-18(22)16(17(19(20)23)24-11-10-21)15-8-7-13(2)14(3)12-15/h7-8,12,21H,4-6,9-11H2,1-3H3. The van der Waals surface area contributed by atoms with Gasteiger partial charge < -0.3 is 5.11 Å². The molecule has 0 spiro atoms. The number of hydrogen-bond acceptors (Lipinski definition) is 4. The second-order valence-corrected chi connectivity index (χ2v) is 7.15. The predicted molar refractivity (Wildman–Crippen MR) is 98.6 cm³/mol. The van der Waals surface area contributed by atoms with Gasteiger partial charge in [0, 0.05) is 12.3 Å². The maximum atomic E-state index is 12.9. The van der Waals surface area contributed by atoms with Gasteiger partial charge in [0.15, 0.2) is 0 Å². The number of aryl methyl sites for hydroxylation is 2. The number of thioether (sulfide) groups is 1. The van der Waals surface area contributed by atoms with Crippen LogP contribution in [0.1, 0.15) is 42.9 Å². The molecule has 24 heavy (non-hydrogen) atoms. The van der Waals surface area contributed by atoms with Crippen molar-refractivity contribution in [3.63, 3.8) is 0 Å². The zero-order valence-electron chi connectivity index (χ0n) is 14.6. The molecule has 1 aliphatic heterocycles. The van der Waals surface area contributed by atoms with E-state index in [0.29, 0.717) is 22.8 Å². The summed E-state index contributed by atoms with van der Waals surface area (Å²) in [6, 6.07) is 5.84. The van der Waals surface area contributed by atoms with E-state index < -0.39 is 0 Å². The highest BCUT2D eigenvalue weighted by Crippen LogP contribution is 2.36. The van der Waals surface area contributed by atoms with Crippen LogP contribution in [0.5, 0.6) is 0 Å². The van der Waals surface area contributed by atoms with Gasteiger partial charge in [-0.25, -0.2) is 0 Å². The van der Waals surface area contributed by atoms with Crippen LogP contribution in [0.25, 0.3) is 5.57 Å². The summed E-state index contributed by atoms with van der Waals surface area (Å²) < 4.78 is 0. The number of aliphatic hydroxyl groups is 1. The fourth-order valence-corrected chi connectivity index (χ4v) is 3.59. The van der Waals surface area contributed by atoms with E-state index in [1.807, 2.05) is 32.0 Å². The van der Waals surface area contributed by atoms with Crippen molar-refractivity contribution in [1.82, 2.24) is 4.90 Å². The molecule has 2 amide bonds. The highest BCUT2D eigenvalue weighted by atomic mass is 32.2. The normalized spacial score (nSPS) is 14.9. The minimum atomic E-state index is -0.220. The van der Waals surface area contributed by atoms with Crippen LogP contribution >= 0.6 is 11.8 Å². The smallest absolute Gasteiger partial charge is 0.267 e. The number of carbonyl (C=O) groups is 2. The van der Waals surface area contributed by atoms with Gasteiger partial charge in [0.2, 0.25) is 0 Å². The van der Waals surface area contributed by atoms with Crippen molar-refractivity contribution < 1.29 is 14.7 Å². The van der Waals surface area contributed by atoms with Gasteiger partial charge in [-0.3, -0.25) is 14.5 Å². The Balaban J connectivity index is 2.37. The second-order valence-electron chi connectivity index (χ2n) is 6.04. The van der Waals surface area contributed by atoms with E-state index in [-0.39, 0.29) is 18.4 Å². The van der Waals surface area contributed by atoms with Gasteiger partial charge in [0.25, 0.3) is 11.8 Å². The van der Waals surface area contributed by atoms with Crippen molar-refractivity contribution in [2.75, 3.05) is 18.9 Å². The van der Waals surface area contributed by atoms with E-state index in [1.54, 1.807) is 0 Å². The van der Waals surface area contributed by atoms with E-state index >= 15 is 0 Å². The first-order valence-corrected chi connectivity index (χ1v) is 9.41. The van der Waals surface area contributed by atoms with Gasteiger partial charge in [-0.15, -0.1) is 11.8 Å². The van der Waals surface area contributed by atoms with Crippen molar-refractivity contribution in [2.24, 2.45) is 0 Å². The van der Waals surface area contributed by atoms with E-state index in [2.05, 4.69) is 6.92 Å². The summed E-state index contributed by atoms with van der Waals surface area (Å²) in [6.45, 7) is 6.55. The summed E-state index contributed by atoms with van der Waals surface area (Å²) in [4.78, 5) is 27.4. The number of unbranched alkanes of at least 4 members (excludes halogenated alkanes) is 2. The summed E-state index contributed by atoms with van der Waals surface area (Å²) >= 11 is 1.27. The molecule has 0 bridgehead atoms. The molecular formula is C19H25NO3S. The van der Waals surface area contributed by atoms with Gasteiger partial charge in [0.05, 0.1) is 17.1 Å². The molecule has 5 heteroatoms. The Morgan fingerprint density at radius 1 is 1.08 bits per heavy atom. The van der Waals surface area contributed by atoms with E-state index in [9.17, 15) is 9.59 Å². The highest BCUT2D eigenvalue weighted by molar-refractivity contribution is 8.04. The summed E-state index contributed by atoms with van der Waals surface area (Å²) in [5.41, 5.74) is 3.52. The molecule has 0 aliphatic carbocycles. The first-order chi connectivity index (χ1) is 11.5. The van der Waals surface area contributed by atoms with E-state index in [4.69, 9.17) is 5.11 Å². The average Bonchev–Trinajstić information content (AvgIpc) is 2.79. The van der Waals surface area contributed by atoms with Crippen LogP contribution in [0.2, 0.25) is 0 Å². The molecule has 0 atom stereocenters. The van der Waals surface area contributed by atoms with Crippen LogP contribution in [0, 0.1) is 13.8 Å². The molecule has 0 aromatic heterocycles. The third-order valence-corrected chi connectivity index (χ3v) is 5.30. The molecule has 1 heterocycles. The molecule has 1 aromatic carbocycles. The van der Waals surface area contributed by atoms with Gasteiger partial charge in [-0.1, -0.05) is 38.0 Å². The first kappa shape index (κ1) is 18.7. The van der Waals surface area contributed by atoms with E-state index in [0.717, 1.165) is 36.0 Å². The third-order valence-electron chi connectivity index (χ3n) is 4.24. The Labute approximate surface area is 147 Å². The summed E-state index contributed by atoms with van der Waals surface area (Å²) in [5, 5.41) is 9.10. The van der Waals surface area contributed by atoms with Gasteiger partial charge in [-0.05, 0) is 37.0 Å². The number of carbonyl (C=O) groups excluding carboxylic acids is 2. The molecule has 0 unspecified atom stereocenters.